The Bertz CT molecular complexity index is 938. The van der Waals surface area contributed by atoms with Crippen molar-refractivity contribution in [2.75, 3.05) is 6.61 Å². The van der Waals surface area contributed by atoms with Gasteiger partial charge in [0.2, 0.25) is 0 Å². The maximum Gasteiger partial charge on any atom is 0.335 e. The SMILES string of the molecule is Cc1ncc(CC(O)C(=O)OCCc2csc3cc(O)ccc23)c(C)n1. The summed E-state index contributed by atoms with van der Waals surface area (Å²) >= 11 is 1.53. The quantitative estimate of drug-likeness (QED) is 0.647. The summed E-state index contributed by atoms with van der Waals surface area (Å²) in [5.74, 6) is 0.234. The van der Waals surface area contributed by atoms with E-state index in [1.807, 2.05) is 18.4 Å². The van der Waals surface area contributed by atoms with Crippen molar-refractivity contribution in [1.82, 2.24) is 9.97 Å². The smallest absolute Gasteiger partial charge is 0.335 e. The number of aromatic nitrogens is 2. The molecule has 0 fully saturated rings. The first-order valence-corrected chi connectivity index (χ1v) is 9.15. The molecule has 0 amide bonds. The van der Waals surface area contributed by atoms with Crippen molar-refractivity contribution in [2.45, 2.75) is 32.8 Å². The van der Waals surface area contributed by atoms with Gasteiger partial charge in [0, 0.05) is 29.4 Å². The van der Waals surface area contributed by atoms with E-state index in [-0.39, 0.29) is 18.8 Å². The van der Waals surface area contributed by atoms with E-state index >= 15 is 0 Å². The van der Waals surface area contributed by atoms with Crippen molar-refractivity contribution in [3.05, 3.63) is 52.4 Å². The van der Waals surface area contributed by atoms with Gasteiger partial charge in [-0.25, -0.2) is 14.8 Å². The van der Waals surface area contributed by atoms with Gasteiger partial charge in [0.05, 0.1) is 6.61 Å². The topological polar surface area (TPSA) is 92.5 Å². The first-order chi connectivity index (χ1) is 12.4. The van der Waals surface area contributed by atoms with E-state index in [0.29, 0.717) is 12.2 Å². The Balaban J connectivity index is 1.54. The molecule has 0 saturated carbocycles. The summed E-state index contributed by atoms with van der Waals surface area (Å²) in [4.78, 5) is 20.3. The molecule has 3 aromatic rings. The Hall–Kier alpha value is -2.51. The molecule has 0 radical (unpaired) electrons. The summed E-state index contributed by atoms with van der Waals surface area (Å²) < 4.78 is 6.20. The summed E-state index contributed by atoms with van der Waals surface area (Å²) in [6.45, 7) is 3.80. The predicted molar refractivity (Wildman–Crippen MR) is 99.4 cm³/mol. The number of nitrogens with zero attached hydrogens (tertiary/aromatic N) is 2. The Labute approximate surface area is 155 Å². The van der Waals surface area contributed by atoms with E-state index in [2.05, 4.69) is 9.97 Å². The lowest BCUT2D eigenvalue weighted by molar-refractivity contribution is -0.153. The van der Waals surface area contributed by atoms with E-state index < -0.39 is 12.1 Å². The molecule has 0 bridgehead atoms. The molecule has 1 unspecified atom stereocenters. The molecule has 136 valence electrons. The number of aliphatic hydroxyl groups is 1. The van der Waals surface area contributed by atoms with E-state index in [9.17, 15) is 15.0 Å². The minimum absolute atomic E-state index is 0.131. The monoisotopic (exact) mass is 372 g/mol. The number of thiophene rings is 1. The van der Waals surface area contributed by atoms with Crippen LogP contribution in [-0.4, -0.2) is 38.9 Å². The van der Waals surface area contributed by atoms with Crippen LogP contribution in [0.3, 0.4) is 0 Å². The van der Waals surface area contributed by atoms with Crippen LogP contribution in [0.15, 0.2) is 29.8 Å². The number of aliphatic hydroxyl groups excluding tert-OH is 1. The molecule has 7 heteroatoms. The number of fused-ring (bicyclic) bond motifs is 1. The van der Waals surface area contributed by atoms with E-state index in [1.165, 1.54) is 11.3 Å². The first kappa shape index (κ1) is 18.3. The van der Waals surface area contributed by atoms with Gasteiger partial charge in [-0.05, 0) is 53.9 Å². The second-order valence-corrected chi connectivity index (χ2v) is 7.02. The number of ether oxygens (including phenoxy) is 1. The molecule has 1 aromatic carbocycles. The molecular formula is C19H20N2O4S. The fourth-order valence-electron chi connectivity index (χ4n) is 2.72. The van der Waals surface area contributed by atoms with E-state index in [4.69, 9.17) is 4.74 Å². The zero-order valence-electron chi connectivity index (χ0n) is 14.6. The average Bonchev–Trinajstić information content (AvgIpc) is 2.99. The molecule has 2 heterocycles. The van der Waals surface area contributed by atoms with Crippen molar-refractivity contribution in [3.63, 3.8) is 0 Å². The molecule has 2 N–H and O–H groups in total. The first-order valence-electron chi connectivity index (χ1n) is 8.27. The van der Waals surface area contributed by atoms with Gasteiger partial charge in [0.15, 0.2) is 6.10 Å². The lowest BCUT2D eigenvalue weighted by atomic mass is 10.1. The number of aryl methyl sites for hydroxylation is 2. The summed E-state index contributed by atoms with van der Waals surface area (Å²) in [5.41, 5.74) is 2.52. The molecule has 0 aliphatic carbocycles. The van der Waals surface area contributed by atoms with Crippen LogP contribution in [0.4, 0.5) is 0 Å². The van der Waals surface area contributed by atoms with Crippen LogP contribution in [0, 0.1) is 13.8 Å². The highest BCUT2D eigenvalue weighted by Crippen LogP contribution is 2.29. The largest absolute Gasteiger partial charge is 0.508 e. The fourth-order valence-corrected chi connectivity index (χ4v) is 3.75. The summed E-state index contributed by atoms with van der Waals surface area (Å²) in [5, 5.41) is 22.6. The molecular weight excluding hydrogens is 352 g/mol. The minimum atomic E-state index is -1.24. The molecule has 0 aliphatic heterocycles. The number of carbonyl (C=O) groups is 1. The molecule has 2 aromatic heterocycles. The van der Waals surface area contributed by atoms with Crippen molar-refractivity contribution >= 4 is 27.4 Å². The second-order valence-electron chi connectivity index (χ2n) is 6.11. The summed E-state index contributed by atoms with van der Waals surface area (Å²) in [7, 11) is 0. The Morgan fingerprint density at radius 1 is 1.31 bits per heavy atom. The van der Waals surface area contributed by atoms with Crippen LogP contribution in [0.2, 0.25) is 0 Å². The molecule has 6 nitrogen and oxygen atoms in total. The lowest BCUT2D eigenvalue weighted by Crippen LogP contribution is -2.26. The number of hydrogen-bond donors (Lipinski definition) is 2. The van der Waals surface area contributed by atoms with Gasteiger partial charge >= 0.3 is 5.97 Å². The molecule has 1 atom stereocenters. The van der Waals surface area contributed by atoms with Gasteiger partial charge < -0.3 is 14.9 Å². The maximum atomic E-state index is 12.0. The van der Waals surface area contributed by atoms with Gasteiger partial charge in [-0.2, -0.15) is 0 Å². The van der Waals surface area contributed by atoms with Crippen molar-refractivity contribution in [2.24, 2.45) is 0 Å². The highest BCUT2D eigenvalue weighted by Gasteiger charge is 2.19. The third-order valence-electron chi connectivity index (χ3n) is 4.14. The number of phenolic OH excluding ortho intramolecular Hbond substituents is 1. The number of esters is 1. The second kappa shape index (κ2) is 7.80. The third kappa shape index (κ3) is 4.17. The van der Waals surface area contributed by atoms with Crippen LogP contribution >= 0.6 is 11.3 Å². The molecule has 0 aliphatic rings. The summed E-state index contributed by atoms with van der Waals surface area (Å²) in [6, 6.07) is 5.21. The van der Waals surface area contributed by atoms with Crippen LogP contribution in [0.25, 0.3) is 10.1 Å². The highest BCUT2D eigenvalue weighted by molar-refractivity contribution is 7.17. The number of aromatic hydroxyl groups is 1. The van der Waals surface area contributed by atoms with Crippen molar-refractivity contribution < 1.29 is 19.7 Å². The normalized spacial score (nSPS) is 12.3. The van der Waals surface area contributed by atoms with Crippen LogP contribution in [0.1, 0.15) is 22.6 Å². The predicted octanol–water partition coefficient (Wildman–Crippen LogP) is 2.70. The Kier molecular flexibility index (Phi) is 5.49. The zero-order chi connectivity index (χ0) is 18.7. The Morgan fingerprint density at radius 3 is 2.88 bits per heavy atom. The van der Waals surface area contributed by atoms with Crippen molar-refractivity contribution in [1.29, 1.82) is 0 Å². The van der Waals surface area contributed by atoms with Crippen LogP contribution < -0.4 is 0 Å². The standard InChI is InChI=1S/C19H20N2O4S/c1-11-14(9-20-12(2)21-11)7-17(23)19(24)25-6-5-13-10-26-18-8-15(22)3-4-16(13)18/h3-4,8-10,17,22-23H,5-7H2,1-2H3. The van der Waals surface area contributed by atoms with E-state index in [0.717, 1.165) is 26.9 Å². The van der Waals surface area contributed by atoms with E-state index in [1.54, 1.807) is 25.3 Å². The molecule has 0 saturated heterocycles. The van der Waals surface area contributed by atoms with Gasteiger partial charge in [-0.15, -0.1) is 11.3 Å². The maximum absolute atomic E-state index is 12.0. The number of benzene rings is 1. The van der Waals surface area contributed by atoms with Crippen LogP contribution in [-0.2, 0) is 22.4 Å². The number of rotatable bonds is 6. The van der Waals surface area contributed by atoms with Gasteiger partial charge in [-0.1, -0.05) is 0 Å². The molecule has 26 heavy (non-hydrogen) atoms. The molecule has 0 spiro atoms. The number of carbonyl (C=O) groups excluding carboxylic acids is 1. The minimum Gasteiger partial charge on any atom is -0.508 e. The van der Waals surface area contributed by atoms with Crippen molar-refractivity contribution in [3.8, 4) is 5.75 Å². The Morgan fingerprint density at radius 2 is 2.12 bits per heavy atom. The fraction of sp³-hybridized carbons (Fsp3) is 0.316. The van der Waals surface area contributed by atoms with Gasteiger partial charge in [-0.3, -0.25) is 0 Å². The number of hydrogen-bond acceptors (Lipinski definition) is 7. The van der Waals surface area contributed by atoms with Gasteiger partial charge in [0.25, 0.3) is 0 Å². The summed E-state index contributed by atoms with van der Waals surface area (Å²) in [6.07, 6.45) is 1.07. The average molecular weight is 372 g/mol. The lowest BCUT2D eigenvalue weighted by Gasteiger charge is -2.12. The highest BCUT2D eigenvalue weighted by atomic mass is 32.1. The van der Waals surface area contributed by atoms with Crippen LogP contribution in [0.5, 0.6) is 5.75 Å². The molecule has 3 rings (SSSR count). The van der Waals surface area contributed by atoms with Gasteiger partial charge in [0.1, 0.15) is 11.6 Å². The zero-order valence-corrected chi connectivity index (χ0v) is 15.4. The third-order valence-corrected chi connectivity index (χ3v) is 5.14. The number of phenols is 1.